The fraction of sp³-hybridized carbons (Fsp3) is 0.857. The molecule has 18 heavy (non-hydrogen) atoms. The van der Waals surface area contributed by atoms with Crippen LogP contribution in [-0.4, -0.2) is 22.9 Å². The molecule has 0 bridgehead atoms. The van der Waals surface area contributed by atoms with Gasteiger partial charge in [-0.3, -0.25) is 9.59 Å². The van der Waals surface area contributed by atoms with Crippen LogP contribution in [0.3, 0.4) is 0 Å². The Morgan fingerprint density at radius 3 is 2.11 bits per heavy atom. The molecule has 0 amide bonds. The lowest BCUT2D eigenvalue weighted by Crippen LogP contribution is -2.34. The molecule has 1 aliphatic carbocycles. The largest absolute Gasteiger partial charge is 0.480 e. The van der Waals surface area contributed by atoms with Crippen molar-refractivity contribution in [3.63, 3.8) is 0 Å². The maximum Gasteiger partial charge on any atom is 0.320 e. The Hall–Kier alpha value is -0.900. The van der Waals surface area contributed by atoms with Crippen LogP contribution < -0.4 is 5.73 Å². The van der Waals surface area contributed by atoms with Crippen molar-refractivity contribution in [2.24, 2.45) is 17.6 Å². The molecule has 1 aliphatic rings. The highest BCUT2D eigenvalue weighted by atomic mass is 16.4. The second-order valence-electron chi connectivity index (χ2n) is 5.31. The van der Waals surface area contributed by atoms with Crippen molar-refractivity contribution >= 4 is 11.8 Å². The van der Waals surface area contributed by atoms with Crippen LogP contribution in [-0.2, 0) is 9.59 Å². The van der Waals surface area contributed by atoms with Gasteiger partial charge in [0.05, 0.1) is 0 Å². The molecule has 0 aromatic rings. The molecule has 0 heterocycles. The summed E-state index contributed by atoms with van der Waals surface area (Å²) < 4.78 is 0. The van der Waals surface area contributed by atoms with Crippen LogP contribution in [0.25, 0.3) is 0 Å². The molecule has 0 unspecified atom stereocenters. The molecule has 1 atom stereocenters. The summed E-state index contributed by atoms with van der Waals surface area (Å²) in [5, 5.41) is 8.23. The van der Waals surface area contributed by atoms with E-state index in [4.69, 9.17) is 10.8 Å². The van der Waals surface area contributed by atoms with E-state index in [0.717, 1.165) is 12.8 Å². The van der Waals surface area contributed by atoms with Crippen LogP contribution in [0, 0.1) is 11.8 Å². The Balaban J connectivity index is 0.000000331. The van der Waals surface area contributed by atoms with Crippen LogP contribution >= 0.6 is 0 Å². The molecule has 4 heteroatoms. The number of ketones is 1. The smallest absolute Gasteiger partial charge is 0.320 e. The number of hydrogen-bond donors (Lipinski definition) is 2. The Kier molecular flexibility index (Phi) is 8.63. The third-order valence-corrected chi connectivity index (χ3v) is 3.06. The van der Waals surface area contributed by atoms with E-state index in [0.29, 0.717) is 11.7 Å². The number of unbranched alkanes of at least 4 members (excludes halogenated alkanes) is 2. The molecule has 0 radical (unpaired) electrons. The van der Waals surface area contributed by atoms with Crippen molar-refractivity contribution < 1.29 is 14.7 Å². The zero-order chi connectivity index (χ0) is 14.1. The summed E-state index contributed by atoms with van der Waals surface area (Å²) in [5.74, 6) is 0.0952. The normalized spacial score (nSPS) is 15.8. The number of carboxylic acid groups (broad SMARTS) is 1. The van der Waals surface area contributed by atoms with Crippen molar-refractivity contribution in [1.82, 2.24) is 0 Å². The van der Waals surface area contributed by atoms with E-state index in [1.54, 1.807) is 13.8 Å². The maximum absolute atomic E-state index is 11.1. The highest BCUT2D eigenvalue weighted by Crippen LogP contribution is 2.31. The minimum Gasteiger partial charge on any atom is -0.480 e. The summed E-state index contributed by atoms with van der Waals surface area (Å²) in [6.07, 6.45) is 6.75. The number of carbonyl (C=O) groups is 2. The lowest BCUT2D eigenvalue weighted by molar-refractivity contribution is -0.139. The predicted octanol–water partition coefficient (Wildman–Crippen LogP) is 2.60. The van der Waals surface area contributed by atoms with Crippen LogP contribution in [0.4, 0.5) is 0 Å². The van der Waals surface area contributed by atoms with Crippen molar-refractivity contribution in [2.75, 3.05) is 0 Å². The molecule has 3 N–H and O–H groups in total. The zero-order valence-corrected chi connectivity index (χ0v) is 11.8. The number of aliphatic carboxylic acids is 1. The van der Waals surface area contributed by atoms with Gasteiger partial charge in [-0.1, -0.05) is 33.6 Å². The molecule has 0 aromatic carbocycles. The minimum absolute atomic E-state index is 0.0208. The van der Waals surface area contributed by atoms with E-state index in [-0.39, 0.29) is 5.92 Å². The van der Waals surface area contributed by atoms with E-state index in [1.165, 1.54) is 25.7 Å². The summed E-state index contributed by atoms with van der Waals surface area (Å²) >= 11 is 0. The Bertz CT molecular complexity index is 260. The quantitative estimate of drug-likeness (QED) is 0.687. The third kappa shape index (κ3) is 8.23. The number of carbonyl (C=O) groups excluding carboxylic acids is 1. The first kappa shape index (κ1) is 17.1. The van der Waals surface area contributed by atoms with E-state index in [1.807, 2.05) is 0 Å². The molecule has 1 saturated carbocycles. The number of carboxylic acids is 1. The van der Waals surface area contributed by atoms with Gasteiger partial charge < -0.3 is 10.8 Å². The van der Waals surface area contributed by atoms with E-state index in [2.05, 4.69) is 6.92 Å². The van der Waals surface area contributed by atoms with Crippen molar-refractivity contribution in [2.45, 2.75) is 65.3 Å². The molecule has 1 fully saturated rings. The highest BCUT2D eigenvalue weighted by Gasteiger charge is 2.28. The van der Waals surface area contributed by atoms with Gasteiger partial charge in [-0.2, -0.15) is 0 Å². The Morgan fingerprint density at radius 1 is 1.28 bits per heavy atom. The molecule has 106 valence electrons. The van der Waals surface area contributed by atoms with Gasteiger partial charge in [-0.15, -0.1) is 0 Å². The number of Topliss-reactive ketones (excluding diaryl/α,β-unsaturated/α-hetero) is 1. The van der Waals surface area contributed by atoms with Gasteiger partial charge in [0, 0.05) is 12.3 Å². The monoisotopic (exact) mass is 257 g/mol. The van der Waals surface area contributed by atoms with Gasteiger partial charge >= 0.3 is 5.97 Å². The molecular formula is C14H27NO3. The molecule has 4 nitrogen and oxygen atoms in total. The zero-order valence-electron chi connectivity index (χ0n) is 11.8. The average Bonchev–Trinajstić information content (AvgIpc) is 3.12. The van der Waals surface area contributed by atoms with Gasteiger partial charge in [0.25, 0.3) is 0 Å². The first-order chi connectivity index (χ1) is 8.40. The van der Waals surface area contributed by atoms with Crippen molar-refractivity contribution in [3.05, 3.63) is 0 Å². The van der Waals surface area contributed by atoms with Gasteiger partial charge in [0.1, 0.15) is 11.8 Å². The van der Waals surface area contributed by atoms with Crippen LogP contribution in [0.1, 0.15) is 59.3 Å². The van der Waals surface area contributed by atoms with Gasteiger partial charge in [-0.25, -0.2) is 0 Å². The summed E-state index contributed by atoms with van der Waals surface area (Å²) in [7, 11) is 0. The number of hydrogen-bond acceptors (Lipinski definition) is 3. The molecule has 0 saturated heterocycles. The van der Waals surface area contributed by atoms with Gasteiger partial charge in [0.15, 0.2) is 0 Å². The Labute approximate surface area is 110 Å². The van der Waals surface area contributed by atoms with Gasteiger partial charge in [-0.05, 0) is 25.2 Å². The first-order valence-electron chi connectivity index (χ1n) is 6.91. The topological polar surface area (TPSA) is 80.4 Å². The summed E-state index contributed by atoms with van der Waals surface area (Å²) in [6.45, 7) is 5.72. The Morgan fingerprint density at radius 2 is 1.83 bits per heavy atom. The fourth-order valence-corrected chi connectivity index (χ4v) is 1.44. The van der Waals surface area contributed by atoms with Crippen LogP contribution in [0.5, 0.6) is 0 Å². The van der Waals surface area contributed by atoms with E-state index >= 15 is 0 Å². The fourth-order valence-electron chi connectivity index (χ4n) is 1.44. The van der Waals surface area contributed by atoms with E-state index in [9.17, 15) is 9.59 Å². The second kappa shape index (κ2) is 9.09. The molecule has 1 rings (SSSR count). The third-order valence-electron chi connectivity index (χ3n) is 3.06. The first-order valence-corrected chi connectivity index (χ1v) is 6.91. The maximum atomic E-state index is 11.1. The molecular weight excluding hydrogens is 230 g/mol. The van der Waals surface area contributed by atoms with Crippen LogP contribution in [0.2, 0.25) is 0 Å². The average molecular weight is 257 g/mol. The molecule has 0 spiro atoms. The van der Waals surface area contributed by atoms with Crippen LogP contribution in [0.15, 0.2) is 0 Å². The minimum atomic E-state index is -0.931. The summed E-state index contributed by atoms with van der Waals surface area (Å²) in [4.78, 5) is 21.1. The lowest BCUT2D eigenvalue weighted by atomic mass is 10.1. The lowest BCUT2D eigenvalue weighted by Gasteiger charge is -2.07. The van der Waals surface area contributed by atoms with Crippen molar-refractivity contribution in [1.29, 1.82) is 0 Å². The second-order valence-corrected chi connectivity index (χ2v) is 5.31. The number of nitrogens with two attached hydrogens (primary N) is 1. The molecule has 0 aliphatic heterocycles. The predicted molar refractivity (Wildman–Crippen MR) is 72.3 cm³/mol. The molecule has 0 aromatic heterocycles. The number of rotatable bonds is 7. The standard InChI is InChI=1S/C9H16O.C5H11NO2/c1-2-3-4-5-9(10)8-6-7-8;1-3(2)4(6)5(7)8/h8H,2-7H2,1H3;3-4H,6H2,1-2H3,(H,7,8)/t;4-/m.0/s1. The summed E-state index contributed by atoms with van der Waals surface area (Å²) in [5.41, 5.74) is 5.16. The van der Waals surface area contributed by atoms with E-state index < -0.39 is 12.0 Å². The van der Waals surface area contributed by atoms with Crippen molar-refractivity contribution in [3.8, 4) is 0 Å². The highest BCUT2D eigenvalue weighted by molar-refractivity contribution is 5.83. The van der Waals surface area contributed by atoms with Gasteiger partial charge in [0.2, 0.25) is 0 Å². The summed E-state index contributed by atoms with van der Waals surface area (Å²) in [6, 6.07) is -0.713. The SMILES string of the molecule is CC(C)[C@H](N)C(=O)O.CCCCCC(=O)C1CC1.